The van der Waals surface area contributed by atoms with Crippen molar-refractivity contribution in [1.29, 1.82) is 0 Å². The lowest BCUT2D eigenvalue weighted by atomic mass is 9.90. The van der Waals surface area contributed by atoms with Gasteiger partial charge in [-0.25, -0.2) is 8.42 Å². The van der Waals surface area contributed by atoms with Gasteiger partial charge in [0.05, 0.1) is 20.9 Å². The summed E-state index contributed by atoms with van der Waals surface area (Å²) < 4.78 is 27.5. The number of allylic oxidation sites excluding steroid dienone is 2. The van der Waals surface area contributed by atoms with Gasteiger partial charge in [-0.15, -0.1) is 0 Å². The SMILES string of the molecule is O=C1C(N2CC2)=C(N2CC2)C(=O)c2c1cccc2S(=O)(=O)c1cccc2cccnc12. The zero-order chi connectivity index (χ0) is 21.3. The molecule has 154 valence electrons. The Morgan fingerprint density at radius 2 is 1.35 bits per heavy atom. The average molecular weight is 431 g/mol. The molecule has 2 aromatic carbocycles. The number of ketones is 2. The molecule has 2 fully saturated rings. The van der Waals surface area contributed by atoms with Crippen LogP contribution in [0.3, 0.4) is 0 Å². The van der Waals surface area contributed by atoms with E-state index >= 15 is 0 Å². The topological polar surface area (TPSA) is 87.2 Å². The van der Waals surface area contributed by atoms with Crippen molar-refractivity contribution in [3.05, 3.63) is 77.2 Å². The highest BCUT2D eigenvalue weighted by Crippen LogP contribution is 2.39. The number of hydrogen-bond donors (Lipinski definition) is 0. The number of hydrogen-bond acceptors (Lipinski definition) is 7. The zero-order valence-corrected chi connectivity index (χ0v) is 17.2. The van der Waals surface area contributed by atoms with Crippen molar-refractivity contribution in [2.24, 2.45) is 0 Å². The largest absolute Gasteiger partial charge is 0.363 e. The van der Waals surface area contributed by atoms with Crippen LogP contribution in [0.1, 0.15) is 20.7 Å². The summed E-state index contributed by atoms with van der Waals surface area (Å²) in [6.45, 7) is 2.81. The molecule has 8 heteroatoms. The van der Waals surface area contributed by atoms with Crippen LogP contribution in [0.25, 0.3) is 10.9 Å². The number of carbonyl (C=O) groups excluding carboxylic acids is 2. The minimum atomic E-state index is -4.10. The van der Waals surface area contributed by atoms with Crippen LogP contribution < -0.4 is 0 Å². The van der Waals surface area contributed by atoms with E-state index in [4.69, 9.17) is 0 Å². The van der Waals surface area contributed by atoms with Crippen molar-refractivity contribution >= 4 is 32.3 Å². The second-order valence-electron chi connectivity index (χ2n) is 7.84. The normalized spacial score (nSPS) is 17.9. The molecule has 2 aliphatic heterocycles. The third-order valence-electron chi connectivity index (χ3n) is 5.85. The number of benzene rings is 2. The van der Waals surface area contributed by atoms with Crippen LogP contribution in [-0.2, 0) is 9.84 Å². The Bertz CT molecular complexity index is 1450. The minimum Gasteiger partial charge on any atom is -0.363 e. The van der Waals surface area contributed by atoms with Crippen molar-refractivity contribution in [3.8, 4) is 0 Å². The van der Waals surface area contributed by atoms with Gasteiger partial charge in [0, 0.05) is 43.3 Å². The Kier molecular flexibility index (Phi) is 3.68. The fourth-order valence-corrected chi connectivity index (χ4v) is 5.83. The van der Waals surface area contributed by atoms with Crippen LogP contribution in [0.15, 0.2) is 75.9 Å². The second kappa shape index (κ2) is 6.24. The number of fused-ring (bicyclic) bond motifs is 2. The van der Waals surface area contributed by atoms with Crippen molar-refractivity contribution in [2.45, 2.75) is 9.79 Å². The van der Waals surface area contributed by atoms with Crippen molar-refractivity contribution < 1.29 is 18.0 Å². The molecule has 1 aliphatic carbocycles. The molecule has 0 atom stereocenters. The lowest BCUT2D eigenvalue weighted by molar-refractivity contribution is 0.0943. The molecule has 0 bridgehead atoms. The minimum absolute atomic E-state index is 0.0215. The summed E-state index contributed by atoms with van der Waals surface area (Å²) in [5.74, 6) is -0.691. The molecule has 0 spiro atoms. The van der Waals surface area contributed by atoms with Gasteiger partial charge < -0.3 is 9.80 Å². The lowest BCUT2D eigenvalue weighted by Gasteiger charge is -2.24. The number of rotatable bonds is 4. The summed E-state index contributed by atoms with van der Waals surface area (Å²) in [6, 6.07) is 12.9. The highest BCUT2D eigenvalue weighted by atomic mass is 32.2. The molecule has 0 N–H and O–H groups in total. The first-order chi connectivity index (χ1) is 15.0. The average Bonchev–Trinajstić information content (AvgIpc) is 3.68. The highest BCUT2D eigenvalue weighted by molar-refractivity contribution is 7.91. The van der Waals surface area contributed by atoms with E-state index in [-0.39, 0.29) is 26.7 Å². The Labute approximate surface area is 178 Å². The summed E-state index contributed by atoms with van der Waals surface area (Å²) in [4.78, 5) is 34.8. The number of Topliss-reactive ketones (excluding diaryl/α,β-unsaturated/α-hetero) is 2. The predicted molar refractivity (Wildman–Crippen MR) is 112 cm³/mol. The molecule has 0 radical (unpaired) electrons. The maximum atomic E-state index is 13.7. The number of nitrogens with zero attached hydrogens (tertiary/aromatic N) is 3. The lowest BCUT2D eigenvalue weighted by Crippen LogP contribution is -2.30. The number of pyridine rings is 1. The maximum absolute atomic E-state index is 13.7. The van der Waals surface area contributed by atoms with Crippen LogP contribution in [0, 0.1) is 0 Å². The third-order valence-corrected chi connectivity index (χ3v) is 7.68. The van der Waals surface area contributed by atoms with Gasteiger partial charge in [-0.2, -0.15) is 0 Å². The molecular weight excluding hydrogens is 414 g/mol. The number of para-hydroxylation sites is 1. The number of carbonyl (C=O) groups is 2. The molecule has 3 heterocycles. The van der Waals surface area contributed by atoms with Crippen LogP contribution in [0.2, 0.25) is 0 Å². The van der Waals surface area contributed by atoms with Crippen molar-refractivity contribution in [3.63, 3.8) is 0 Å². The quantitative estimate of drug-likeness (QED) is 0.586. The van der Waals surface area contributed by atoms with E-state index in [1.54, 1.807) is 30.3 Å². The monoisotopic (exact) mass is 431 g/mol. The first kappa shape index (κ1) is 18.3. The van der Waals surface area contributed by atoms with E-state index in [1.165, 1.54) is 24.4 Å². The molecule has 6 rings (SSSR count). The smallest absolute Gasteiger partial charge is 0.213 e. The molecule has 7 nitrogen and oxygen atoms in total. The van der Waals surface area contributed by atoms with Crippen LogP contribution >= 0.6 is 0 Å². The summed E-state index contributed by atoms with van der Waals surface area (Å²) in [5.41, 5.74) is 1.17. The van der Waals surface area contributed by atoms with Crippen LogP contribution in [-0.4, -0.2) is 60.9 Å². The fraction of sp³-hybridized carbons (Fsp3) is 0.174. The Morgan fingerprint density at radius 1 is 0.742 bits per heavy atom. The number of aromatic nitrogens is 1. The van der Waals surface area contributed by atoms with Gasteiger partial charge in [-0.3, -0.25) is 14.6 Å². The van der Waals surface area contributed by atoms with Gasteiger partial charge in [0.1, 0.15) is 11.4 Å². The molecule has 0 unspecified atom stereocenters. The second-order valence-corrected chi connectivity index (χ2v) is 9.73. The van der Waals surface area contributed by atoms with E-state index in [2.05, 4.69) is 4.98 Å². The van der Waals surface area contributed by atoms with E-state index in [0.717, 1.165) is 13.1 Å². The molecule has 1 aromatic heterocycles. The first-order valence-corrected chi connectivity index (χ1v) is 11.5. The first-order valence-electron chi connectivity index (χ1n) is 10.0. The standard InChI is InChI=1S/C23H17N3O4S/c27-22-15-6-2-7-16(18(15)23(28)21(26-12-13-26)20(22)25-10-11-25)31(29,30)17-8-1-4-14-5-3-9-24-19(14)17/h1-9H,10-13H2. The Morgan fingerprint density at radius 3 is 2.06 bits per heavy atom. The summed E-state index contributed by atoms with van der Waals surface area (Å²) in [5, 5.41) is 0.685. The molecule has 0 amide bonds. The Balaban J connectivity index is 1.59. The van der Waals surface area contributed by atoms with Gasteiger partial charge in [0.25, 0.3) is 0 Å². The van der Waals surface area contributed by atoms with E-state index in [0.29, 0.717) is 35.4 Å². The van der Waals surface area contributed by atoms with Crippen LogP contribution in [0.5, 0.6) is 0 Å². The van der Waals surface area contributed by atoms with Gasteiger partial charge >= 0.3 is 0 Å². The van der Waals surface area contributed by atoms with E-state index < -0.39 is 15.6 Å². The van der Waals surface area contributed by atoms with Gasteiger partial charge in [0.15, 0.2) is 0 Å². The van der Waals surface area contributed by atoms with Crippen molar-refractivity contribution in [2.75, 3.05) is 26.2 Å². The van der Waals surface area contributed by atoms with Gasteiger partial charge in [-0.1, -0.05) is 30.3 Å². The molecular formula is C23H17N3O4S. The predicted octanol–water partition coefficient (Wildman–Crippen LogP) is 2.29. The molecule has 0 saturated carbocycles. The molecule has 3 aromatic rings. The molecule has 2 saturated heterocycles. The van der Waals surface area contributed by atoms with Gasteiger partial charge in [0.2, 0.25) is 21.4 Å². The maximum Gasteiger partial charge on any atom is 0.213 e. The summed E-state index contributed by atoms with van der Waals surface area (Å²) in [6.07, 6.45) is 1.54. The van der Waals surface area contributed by atoms with Gasteiger partial charge in [-0.05, 0) is 18.2 Å². The third kappa shape index (κ3) is 2.64. The zero-order valence-electron chi connectivity index (χ0n) is 16.4. The Hall–Kier alpha value is -3.52. The number of sulfone groups is 1. The highest BCUT2D eigenvalue weighted by Gasteiger charge is 2.45. The van der Waals surface area contributed by atoms with E-state index in [1.807, 2.05) is 9.80 Å². The molecule has 3 aliphatic rings. The summed E-state index contributed by atoms with van der Waals surface area (Å²) in [7, 11) is -4.10. The summed E-state index contributed by atoms with van der Waals surface area (Å²) >= 11 is 0. The molecule has 31 heavy (non-hydrogen) atoms. The fourth-order valence-electron chi connectivity index (χ4n) is 4.19. The van der Waals surface area contributed by atoms with Crippen molar-refractivity contribution in [1.82, 2.24) is 14.8 Å². The van der Waals surface area contributed by atoms with E-state index in [9.17, 15) is 18.0 Å². The van der Waals surface area contributed by atoms with Crippen LogP contribution in [0.4, 0.5) is 0 Å².